The Labute approximate surface area is 140 Å². The molecule has 2 aromatic rings. The Morgan fingerprint density at radius 1 is 1.14 bits per heavy atom. The first-order chi connectivity index (χ1) is 10.6. The summed E-state index contributed by atoms with van der Waals surface area (Å²) in [5.74, 6) is -0.0580. The minimum absolute atomic E-state index is 0.0580. The molecule has 0 spiro atoms. The molecule has 0 unspecified atom stereocenters. The molecular weight excluding hydrogens is 340 g/mol. The molecule has 0 saturated heterocycles. The third-order valence-electron chi connectivity index (χ3n) is 3.52. The van der Waals surface area contributed by atoms with Gasteiger partial charge in [0.1, 0.15) is 0 Å². The summed E-state index contributed by atoms with van der Waals surface area (Å²) in [4.78, 5) is 14.4. The minimum atomic E-state index is -0.0580. The molecule has 4 heteroatoms. The van der Waals surface area contributed by atoms with Crippen LogP contribution in [0.25, 0.3) is 0 Å². The smallest absolute Gasteiger partial charge is 0.251 e. The molecule has 0 radical (unpaired) electrons. The molecule has 1 amide bonds. The zero-order valence-corrected chi connectivity index (χ0v) is 14.6. The molecule has 0 heterocycles. The van der Waals surface area contributed by atoms with E-state index in [0.717, 1.165) is 23.1 Å². The van der Waals surface area contributed by atoms with Gasteiger partial charge in [-0.2, -0.15) is 0 Å². The second-order valence-corrected chi connectivity index (χ2v) is 6.26. The van der Waals surface area contributed by atoms with Crippen molar-refractivity contribution in [3.05, 3.63) is 69.7 Å². The predicted molar refractivity (Wildman–Crippen MR) is 93.8 cm³/mol. The molecule has 0 aliphatic rings. The van der Waals surface area contributed by atoms with E-state index in [-0.39, 0.29) is 5.91 Å². The first-order valence-corrected chi connectivity index (χ1v) is 8.18. The van der Waals surface area contributed by atoms with E-state index in [1.807, 2.05) is 36.4 Å². The molecule has 2 rings (SSSR count). The number of hydrogen-bond donors (Lipinski definition) is 1. The summed E-state index contributed by atoms with van der Waals surface area (Å²) in [6, 6.07) is 15.7. The maximum Gasteiger partial charge on any atom is 0.251 e. The summed E-state index contributed by atoms with van der Waals surface area (Å²) in [6.45, 7) is 4.62. The van der Waals surface area contributed by atoms with Gasteiger partial charge in [-0.1, -0.05) is 53.2 Å². The number of halogens is 1. The van der Waals surface area contributed by atoms with E-state index in [9.17, 15) is 4.79 Å². The second kappa shape index (κ2) is 8.11. The van der Waals surface area contributed by atoms with Gasteiger partial charge in [0.05, 0.1) is 0 Å². The van der Waals surface area contributed by atoms with Crippen molar-refractivity contribution in [2.45, 2.75) is 20.0 Å². The first kappa shape index (κ1) is 16.7. The Bertz CT molecular complexity index is 642. The largest absolute Gasteiger partial charge is 0.348 e. The Kier molecular flexibility index (Phi) is 6.16. The van der Waals surface area contributed by atoms with Gasteiger partial charge in [0.15, 0.2) is 0 Å². The molecule has 0 atom stereocenters. The van der Waals surface area contributed by atoms with E-state index in [0.29, 0.717) is 12.1 Å². The van der Waals surface area contributed by atoms with E-state index in [4.69, 9.17) is 0 Å². The van der Waals surface area contributed by atoms with E-state index >= 15 is 0 Å². The van der Waals surface area contributed by atoms with Gasteiger partial charge in [-0.3, -0.25) is 4.79 Å². The van der Waals surface area contributed by atoms with Crippen LogP contribution in [0.3, 0.4) is 0 Å². The standard InChI is InChI=1S/C18H21BrN2O/c1-3-21(2)13-15-7-4-6-14(10-15)12-20-18(22)16-8-5-9-17(19)11-16/h4-11H,3,12-13H2,1-2H3,(H,20,22). The van der Waals surface area contributed by atoms with Crippen LogP contribution in [-0.4, -0.2) is 24.4 Å². The molecule has 0 aromatic heterocycles. The van der Waals surface area contributed by atoms with Gasteiger partial charge < -0.3 is 10.2 Å². The number of nitrogens with one attached hydrogen (secondary N) is 1. The van der Waals surface area contributed by atoms with Gasteiger partial charge >= 0.3 is 0 Å². The van der Waals surface area contributed by atoms with E-state index in [1.165, 1.54) is 5.56 Å². The zero-order valence-electron chi connectivity index (χ0n) is 13.0. The lowest BCUT2D eigenvalue weighted by atomic mass is 10.1. The van der Waals surface area contributed by atoms with Crippen molar-refractivity contribution in [3.63, 3.8) is 0 Å². The lowest BCUT2D eigenvalue weighted by molar-refractivity contribution is 0.0951. The van der Waals surface area contributed by atoms with E-state index in [1.54, 1.807) is 0 Å². The number of carbonyl (C=O) groups is 1. The monoisotopic (exact) mass is 360 g/mol. The van der Waals surface area contributed by atoms with Crippen LogP contribution in [-0.2, 0) is 13.1 Å². The fraction of sp³-hybridized carbons (Fsp3) is 0.278. The summed E-state index contributed by atoms with van der Waals surface area (Å²) >= 11 is 3.38. The van der Waals surface area contributed by atoms with Gasteiger partial charge in [-0.15, -0.1) is 0 Å². The number of carbonyl (C=O) groups excluding carboxylic acids is 1. The van der Waals surface area contributed by atoms with Crippen molar-refractivity contribution in [2.75, 3.05) is 13.6 Å². The van der Waals surface area contributed by atoms with Crippen molar-refractivity contribution in [3.8, 4) is 0 Å². The molecule has 0 bridgehead atoms. The van der Waals surface area contributed by atoms with Crippen LogP contribution in [0.1, 0.15) is 28.4 Å². The number of benzene rings is 2. The third-order valence-corrected chi connectivity index (χ3v) is 4.02. The van der Waals surface area contributed by atoms with Gasteiger partial charge in [-0.05, 0) is 42.9 Å². The highest BCUT2D eigenvalue weighted by Crippen LogP contribution is 2.12. The van der Waals surface area contributed by atoms with Gasteiger partial charge in [0, 0.05) is 23.1 Å². The zero-order chi connectivity index (χ0) is 15.9. The molecule has 0 fully saturated rings. The highest BCUT2D eigenvalue weighted by molar-refractivity contribution is 9.10. The van der Waals surface area contributed by atoms with Crippen molar-refractivity contribution in [1.29, 1.82) is 0 Å². The van der Waals surface area contributed by atoms with Gasteiger partial charge in [0.2, 0.25) is 0 Å². The molecule has 1 N–H and O–H groups in total. The first-order valence-electron chi connectivity index (χ1n) is 7.38. The quantitative estimate of drug-likeness (QED) is 0.848. The molecule has 116 valence electrons. The number of amides is 1. The molecule has 22 heavy (non-hydrogen) atoms. The maximum absolute atomic E-state index is 12.1. The number of nitrogens with zero attached hydrogens (tertiary/aromatic N) is 1. The Morgan fingerprint density at radius 2 is 1.86 bits per heavy atom. The number of rotatable bonds is 6. The number of hydrogen-bond acceptors (Lipinski definition) is 2. The predicted octanol–water partition coefficient (Wildman–Crippen LogP) is 3.83. The van der Waals surface area contributed by atoms with Crippen LogP contribution in [0.4, 0.5) is 0 Å². The molecule has 2 aromatic carbocycles. The van der Waals surface area contributed by atoms with Crippen LogP contribution in [0.5, 0.6) is 0 Å². The summed E-state index contributed by atoms with van der Waals surface area (Å²) in [5.41, 5.74) is 3.04. The second-order valence-electron chi connectivity index (χ2n) is 5.34. The van der Waals surface area contributed by atoms with E-state index in [2.05, 4.69) is 52.3 Å². The average Bonchev–Trinajstić information content (AvgIpc) is 2.53. The van der Waals surface area contributed by atoms with Crippen LogP contribution in [0.2, 0.25) is 0 Å². The summed E-state index contributed by atoms with van der Waals surface area (Å²) in [7, 11) is 2.10. The topological polar surface area (TPSA) is 32.3 Å². The Morgan fingerprint density at radius 3 is 2.59 bits per heavy atom. The molecule has 3 nitrogen and oxygen atoms in total. The lowest BCUT2D eigenvalue weighted by Gasteiger charge is -2.14. The summed E-state index contributed by atoms with van der Waals surface area (Å²) < 4.78 is 0.907. The SMILES string of the molecule is CCN(C)Cc1cccc(CNC(=O)c2cccc(Br)c2)c1. The maximum atomic E-state index is 12.1. The Balaban J connectivity index is 1.96. The average molecular weight is 361 g/mol. The molecular formula is C18H21BrN2O. The fourth-order valence-corrected chi connectivity index (χ4v) is 2.57. The van der Waals surface area contributed by atoms with Crippen molar-refractivity contribution in [2.24, 2.45) is 0 Å². The van der Waals surface area contributed by atoms with Crippen LogP contribution in [0.15, 0.2) is 53.0 Å². The van der Waals surface area contributed by atoms with Crippen molar-refractivity contribution < 1.29 is 4.79 Å². The van der Waals surface area contributed by atoms with Crippen LogP contribution >= 0.6 is 15.9 Å². The molecule has 0 aliphatic heterocycles. The van der Waals surface area contributed by atoms with Crippen LogP contribution in [0, 0.1) is 0 Å². The lowest BCUT2D eigenvalue weighted by Crippen LogP contribution is -2.23. The van der Waals surface area contributed by atoms with Crippen molar-refractivity contribution in [1.82, 2.24) is 10.2 Å². The summed E-state index contributed by atoms with van der Waals surface area (Å²) in [6.07, 6.45) is 0. The Hall–Kier alpha value is -1.65. The van der Waals surface area contributed by atoms with Crippen molar-refractivity contribution >= 4 is 21.8 Å². The molecule has 0 aliphatic carbocycles. The van der Waals surface area contributed by atoms with Crippen LogP contribution < -0.4 is 5.32 Å². The normalized spacial score (nSPS) is 10.7. The van der Waals surface area contributed by atoms with Gasteiger partial charge in [-0.25, -0.2) is 0 Å². The minimum Gasteiger partial charge on any atom is -0.348 e. The molecule has 0 saturated carbocycles. The highest BCUT2D eigenvalue weighted by Gasteiger charge is 2.06. The summed E-state index contributed by atoms with van der Waals surface area (Å²) in [5, 5.41) is 2.96. The van der Waals surface area contributed by atoms with Gasteiger partial charge in [0.25, 0.3) is 5.91 Å². The third kappa shape index (κ3) is 4.97. The fourth-order valence-electron chi connectivity index (χ4n) is 2.18. The highest BCUT2D eigenvalue weighted by atomic mass is 79.9. The van der Waals surface area contributed by atoms with E-state index < -0.39 is 0 Å².